The zero-order valence-corrected chi connectivity index (χ0v) is 7.00. The van der Waals surface area contributed by atoms with Crippen LogP contribution in [0.5, 0.6) is 0 Å². The first-order valence-electron chi connectivity index (χ1n) is 3.32. The van der Waals surface area contributed by atoms with Gasteiger partial charge in [0.2, 0.25) is 5.91 Å². The van der Waals surface area contributed by atoms with E-state index in [1.54, 1.807) is 0 Å². The molecular weight excluding hydrogens is 180 g/mol. The van der Waals surface area contributed by atoms with Gasteiger partial charge in [-0.2, -0.15) is 4.99 Å². The predicted molar refractivity (Wildman–Crippen MR) is 44.8 cm³/mol. The van der Waals surface area contributed by atoms with Crippen molar-refractivity contribution in [2.45, 2.75) is 6.42 Å². The summed E-state index contributed by atoms with van der Waals surface area (Å²) in [6.07, 6.45) is -0.0525. The molecule has 1 rings (SSSR count). The lowest BCUT2D eigenvalue weighted by Crippen LogP contribution is -2.18. The molecule has 0 aromatic carbocycles. The summed E-state index contributed by atoms with van der Waals surface area (Å²) in [6, 6.07) is 0. The van der Waals surface area contributed by atoms with Crippen LogP contribution in [0.1, 0.15) is 6.42 Å². The Kier molecular flexibility index (Phi) is 2.69. The average molecular weight is 188 g/mol. The molecule has 0 saturated carbocycles. The Balaban J connectivity index is 2.68. The smallest absolute Gasteiger partial charge is 0.307 e. The van der Waals surface area contributed by atoms with Gasteiger partial charge in [0.15, 0.2) is 5.17 Å². The third-order valence-electron chi connectivity index (χ3n) is 1.44. The normalized spacial score (nSPS) is 24.5. The van der Waals surface area contributed by atoms with Crippen molar-refractivity contribution < 1.29 is 14.7 Å². The van der Waals surface area contributed by atoms with Crippen molar-refractivity contribution in [3.8, 4) is 0 Å². The minimum Gasteiger partial charge on any atom is -0.481 e. The zero-order valence-electron chi connectivity index (χ0n) is 6.19. The van der Waals surface area contributed by atoms with Crippen molar-refractivity contribution in [2.75, 3.05) is 5.75 Å². The monoisotopic (exact) mass is 188 g/mol. The number of aliphatic imine (C=N–C) groups is 1. The van der Waals surface area contributed by atoms with Crippen LogP contribution in [0, 0.1) is 5.92 Å². The fraction of sp³-hybridized carbons (Fsp3) is 0.500. The van der Waals surface area contributed by atoms with Crippen LogP contribution in [-0.2, 0) is 9.59 Å². The van der Waals surface area contributed by atoms with Gasteiger partial charge in [0, 0.05) is 12.2 Å². The molecule has 0 saturated heterocycles. The number of carbonyl (C=O) groups excluding carboxylic acids is 1. The quantitative estimate of drug-likeness (QED) is 0.587. The van der Waals surface area contributed by atoms with E-state index in [1.165, 1.54) is 0 Å². The standard InChI is InChI=1S/C6H8N2O3S/c7-6-8-4(9)1-3(2-12-6)5(10)11/h3H,1-2H2,(H,10,11)(H2,7,8,9). The Hall–Kier alpha value is -1.04. The maximum atomic E-state index is 10.9. The minimum atomic E-state index is -0.972. The maximum Gasteiger partial charge on any atom is 0.307 e. The first-order valence-corrected chi connectivity index (χ1v) is 4.30. The van der Waals surface area contributed by atoms with Crippen molar-refractivity contribution in [3.63, 3.8) is 0 Å². The molecule has 6 heteroatoms. The Morgan fingerprint density at radius 1 is 1.75 bits per heavy atom. The van der Waals surface area contributed by atoms with Gasteiger partial charge in [-0.25, -0.2) is 0 Å². The lowest BCUT2D eigenvalue weighted by Gasteiger charge is -2.04. The first-order chi connectivity index (χ1) is 5.59. The van der Waals surface area contributed by atoms with E-state index in [4.69, 9.17) is 10.8 Å². The fourth-order valence-electron chi connectivity index (χ4n) is 0.815. The Bertz CT molecular complexity index is 251. The maximum absolute atomic E-state index is 10.9. The molecule has 1 aliphatic rings. The SMILES string of the molecule is NC1=NC(=O)CC(C(=O)O)CS1. The van der Waals surface area contributed by atoms with Gasteiger partial charge in [-0.1, -0.05) is 11.8 Å². The molecule has 5 nitrogen and oxygen atoms in total. The molecule has 3 N–H and O–H groups in total. The van der Waals surface area contributed by atoms with Crippen molar-refractivity contribution in [3.05, 3.63) is 0 Å². The van der Waals surface area contributed by atoms with Crippen LogP contribution in [-0.4, -0.2) is 27.9 Å². The van der Waals surface area contributed by atoms with Crippen molar-refractivity contribution in [2.24, 2.45) is 16.6 Å². The average Bonchev–Trinajstić information content (AvgIpc) is 2.11. The molecule has 0 aliphatic carbocycles. The lowest BCUT2D eigenvalue weighted by atomic mass is 10.1. The molecule has 1 atom stereocenters. The van der Waals surface area contributed by atoms with Crippen LogP contribution in [0.25, 0.3) is 0 Å². The molecule has 66 valence electrons. The van der Waals surface area contributed by atoms with Gasteiger partial charge in [-0.3, -0.25) is 9.59 Å². The number of carboxylic acids is 1. The number of nitrogens with two attached hydrogens (primary N) is 1. The van der Waals surface area contributed by atoms with Crippen LogP contribution >= 0.6 is 11.8 Å². The minimum absolute atomic E-state index is 0.0525. The van der Waals surface area contributed by atoms with Gasteiger partial charge in [-0.15, -0.1) is 0 Å². The van der Waals surface area contributed by atoms with Crippen LogP contribution in [0.15, 0.2) is 4.99 Å². The highest BCUT2D eigenvalue weighted by atomic mass is 32.2. The van der Waals surface area contributed by atoms with Crippen molar-refractivity contribution in [1.82, 2.24) is 0 Å². The van der Waals surface area contributed by atoms with Gasteiger partial charge in [0.05, 0.1) is 5.92 Å². The summed E-state index contributed by atoms with van der Waals surface area (Å²) in [6.45, 7) is 0. The number of hydrogen-bond donors (Lipinski definition) is 2. The third-order valence-corrected chi connectivity index (χ3v) is 2.39. The number of amidine groups is 1. The number of nitrogens with zero attached hydrogens (tertiary/aromatic N) is 1. The van der Waals surface area contributed by atoms with E-state index in [2.05, 4.69) is 4.99 Å². The van der Waals surface area contributed by atoms with Crippen LogP contribution < -0.4 is 5.73 Å². The summed E-state index contributed by atoms with van der Waals surface area (Å²) < 4.78 is 0. The zero-order chi connectivity index (χ0) is 9.14. The summed E-state index contributed by atoms with van der Waals surface area (Å²) in [4.78, 5) is 24.8. The molecule has 1 unspecified atom stereocenters. The largest absolute Gasteiger partial charge is 0.481 e. The predicted octanol–water partition coefficient (Wildman–Crippen LogP) is -0.335. The van der Waals surface area contributed by atoms with Gasteiger partial charge < -0.3 is 10.8 Å². The molecule has 0 radical (unpaired) electrons. The van der Waals surface area contributed by atoms with E-state index in [1.807, 2.05) is 0 Å². The molecule has 1 heterocycles. The van der Waals surface area contributed by atoms with Crippen molar-refractivity contribution >= 4 is 28.8 Å². The number of hydrogen-bond acceptors (Lipinski definition) is 4. The van der Waals surface area contributed by atoms with E-state index in [-0.39, 0.29) is 11.6 Å². The van der Waals surface area contributed by atoms with E-state index >= 15 is 0 Å². The number of aliphatic carboxylic acids is 1. The summed E-state index contributed by atoms with van der Waals surface area (Å²) in [5, 5.41) is 8.77. The highest BCUT2D eigenvalue weighted by molar-refractivity contribution is 8.13. The van der Waals surface area contributed by atoms with E-state index < -0.39 is 17.8 Å². The highest BCUT2D eigenvalue weighted by Gasteiger charge is 2.24. The van der Waals surface area contributed by atoms with Gasteiger partial charge in [0.25, 0.3) is 0 Å². The van der Waals surface area contributed by atoms with E-state index in [0.717, 1.165) is 11.8 Å². The topological polar surface area (TPSA) is 92.8 Å². The number of thioether (sulfide) groups is 1. The third kappa shape index (κ3) is 2.23. The van der Waals surface area contributed by atoms with E-state index in [9.17, 15) is 9.59 Å². The molecular formula is C6H8N2O3S. The number of rotatable bonds is 1. The Labute approximate surface area is 73.0 Å². The second kappa shape index (κ2) is 3.57. The fourth-order valence-corrected chi connectivity index (χ4v) is 1.61. The molecule has 1 amide bonds. The summed E-state index contributed by atoms with van der Waals surface area (Å²) in [7, 11) is 0. The number of amides is 1. The summed E-state index contributed by atoms with van der Waals surface area (Å²) >= 11 is 1.11. The summed E-state index contributed by atoms with van der Waals surface area (Å²) in [5.41, 5.74) is 5.29. The molecule has 0 spiro atoms. The van der Waals surface area contributed by atoms with Gasteiger partial charge >= 0.3 is 5.97 Å². The molecule has 0 aromatic rings. The number of carboxylic acid groups (broad SMARTS) is 1. The second-order valence-electron chi connectivity index (χ2n) is 2.39. The number of carbonyl (C=O) groups is 2. The van der Waals surface area contributed by atoms with Crippen LogP contribution in [0.3, 0.4) is 0 Å². The van der Waals surface area contributed by atoms with Gasteiger partial charge in [0.1, 0.15) is 0 Å². The van der Waals surface area contributed by atoms with Crippen LogP contribution in [0.4, 0.5) is 0 Å². The van der Waals surface area contributed by atoms with Crippen molar-refractivity contribution in [1.29, 1.82) is 0 Å². The van der Waals surface area contributed by atoms with Gasteiger partial charge in [-0.05, 0) is 0 Å². The lowest BCUT2D eigenvalue weighted by molar-refractivity contribution is -0.142. The second-order valence-corrected chi connectivity index (χ2v) is 3.43. The molecule has 0 aromatic heterocycles. The Morgan fingerprint density at radius 2 is 2.42 bits per heavy atom. The molecule has 12 heavy (non-hydrogen) atoms. The highest BCUT2D eigenvalue weighted by Crippen LogP contribution is 2.17. The Morgan fingerprint density at radius 3 is 3.00 bits per heavy atom. The van der Waals surface area contributed by atoms with E-state index in [0.29, 0.717) is 5.75 Å². The molecule has 0 fully saturated rings. The molecule has 0 bridgehead atoms. The molecule has 1 aliphatic heterocycles. The van der Waals surface area contributed by atoms with Crippen LogP contribution in [0.2, 0.25) is 0 Å². The summed E-state index contributed by atoms with van der Waals surface area (Å²) in [5.74, 6) is -1.77. The first kappa shape index (κ1) is 9.05.